The largest absolute Gasteiger partial charge is 0.383 e. The van der Waals surface area contributed by atoms with Crippen LogP contribution in [-0.2, 0) is 0 Å². The van der Waals surface area contributed by atoms with Gasteiger partial charge in [-0.2, -0.15) is 0 Å². The van der Waals surface area contributed by atoms with E-state index in [4.69, 9.17) is 11.6 Å². The molecular formula is C13H13ClN2. The molecule has 0 atom stereocenters. The Kier molecular flexibility index (Phi) is 2.44. The molecule has 1 fully saturated rings. The lowest BCUT2D eigenvalue weighted by Gasteiger charge is -2.09. The molecule has 1 aromatic heterocycles. The Hall–Kier alpha value is -1.28. The van der Waals surface area contributed by atoms with Crippen LogP contribution in [0.3, 0.4) is 0 Å². The van der Waals surface area contributed by atoms with Crippen molar-refractivity contribution in [2.45, 2.75) is 12.8 Å². The van der Waals surface area contributed by atoms with Gasteiger partial charge >= 0.3 is 0 Å². The Morgan fingerprint density at radius 2 is 2.19 bits per heavy atom. The standard InChI is InChI=1S/C13H13ClN2/c14-11-5-6-12(16-8-9-3-4-9)13-10(11)2-1-7-15-13/h1-2,5-7,9,16H,3-4,8H2. The fourth-order valence-corrected chi connectivity index (χ4v) is 2.07. The zero-order valence-electron chi connectivity index (χ0n) is 8.91. The summed E-state index contributed by atoms with van der Waals surface area (Å²) in [5.41, 5.74) is 2.06. The molecule has 2 nitrogen and oxygen atoms in total. The highest BCUT2D eigenvalue weighted by Crippen LogP contribution is 2.31. The molecule has 0 aliphatic heterocycles. The van der Waals surface area contributed by atoms with Crippen molar-refractivity contribution >= 4 is 28.2 Å². The van der Waals surface area contributed by atoms with E-state index in [1.54, 1.807) is 6.20 Å². The number of hydrogen-bond donors (Lipinski definition) is 1. The highest BCUT2D eigenvalue weighted by atomic mass is 35.5. The fourth-order valence-electron chi connectivity index (χ4n) is 1.86. The Labute approximate surface area is 99.6 Å². The quantitative estimate of drug-likeness (QED) is 0.873. The van der Waals surface area contributed by atoms with Crippen LogP contribution in [0.4, 0.5) is 5.69 Å². The van der Waals surface area contributed by atoms with Crippen LogP contribution in [0, 0.1) is 5.92 Å². The molecule has 0 radical (unpaired) electrons. The van der Waals surface area contributed by atoms with E-state index in [9.17, 15) is 0 Å². The first-order valence-corrected chi connectivity index (χ1v) is 5.99. The Morgan fingerprint density at radius 1 is 1.31 bits per heavy atom. The molecule has 0 unspecified atom stereocenters. The van der Waals surface area contributed by atoms with Gasteiger partial charge in [-0.05, 0) is 43.0 Å². The molecule has 1 aromatic carbocycles. The molecule has 0 amide bonds. The predicted octanol–water partition coefficient (Wildman–Crippen LogP) is 3.71. The monoisotopic (exact) mass is 232 g/mol. The van der Waals surface area contributed by atoms with Crippen molar-refractivity contribution in [3.05, 3.63) is 35.5 Å². The lowest BCUT2D eigenvalue weighted by Crippen LogP contribution is -2.04. The number of fused-ring (bicyclic) bond motifs is 1. The normalized spacial score (nSPS) is 15.3. The second kappa shape index (κ2) is 3.95. The molecule has 1 N–H and O–H groups in total. The SMILES string of the molecule is Clc1ccc(NCC2CC2)c2ncccc12. The zero-order valence-corrected chi connectivity index (χ0v) is 9.67. The van der Waals surface area contributed by atoms with Gasteiger partial charge in [0.2, 0.25) is 0 Å². The van der Waals surface area contributed by atoms with Crippen molar-refractivity contribution in [2.24, 2.45) is 5.92 Å². The molecule has 0 spiro atoms. The number of rotatable bonds is 3. The number of pyridine rings is 1. The molecule has 3 heteroatoms. The molecule has 3 rings (SSSR count). The van der Waals surface area contributed by atoms with Crippen LogP contribution in [0.25, 0.3) is 10.9 Å². The lowest BCUT2D eigenvalue weighted by atomic mass is 10.2. The van der Waals surface area contributed by atoms with Crippen molar-refractivity contribution in [1.29, 1.82) is 0 Å². The van der Waals surface area contributed by atoms with E-state index >= 15 is 0 Å². The van der Waals surface area contributed by atoms with E-state index in [0.717, 1.165) is 34.1 Å². The van der Waals surface area contributed by atoms with Crippen molar-refractivity contribution in [3.8, 4) is 0 Å². The first-order valence-electron chi connectivity index (χ1n) is 5.62. The van der Waals surface area contributed by atoms with E-state index in [1.165, 1.54) is 12.8 Å². The van der Waals surface area contributed by atoms with Crippen molar-refractivity contribution in [1.82, 2.24) is 4.98 Å². The smallest absolute Gasteiger partial charge is 0.0948 e. The van der Waals surface area contributed by atoms with Gasteiger partial charge in [0.25, 0.3) is 0 Å². The summed E-state index contributed by atoms with van der Waals surface area (Å²) in [6.07, 6.45) is 4.51. The molecular weight excluding hydrogens is 220 g/mol. The van der Waals surface area contributed by atoms with Gasteiger partial charge in [0.05, 0.1) is 16.2 Å². The minimum absolute atomic E-state index is 0.764. The Morgan fingerprint density at radius 3 is 3.00 bits per heavy atom. The van der Waals surface area contributed by atoms with Crippen LogP contribution in [0.5, 0.6) is 0 Å². The molecule has 1 saturated carbocycles. The molecule has 1 heterocycles. The van der Waals surface area contributed by atoms with E-state index in [2.05, 4.69) is 10.3 Å². The van der Waals surface area contributed by atoms with Crippen LogP contribution in [0.2, 0.25) is 5.02 Å². The zero-order chi connectivity index (χ0) is 11.0. The average molecular weight is 233 g/mol. The molecule has 0 bridgehead atoms. The molecule has 1 aliphatic carbocycles. The number of nitrogens with one attached hydrogen (secondary N) is 1. The number of nitrogens with zero attached hydrogens (tertiary/aromatic N) is 1. The summed E-state index contributed by atoms with van der Waals surface area (Å²) in [6, 6.07) is 7.87. The molecule has 16 heavy (non-hydrogen) atoms. The van der Waals surface area contributed by atoms with Crippen LogP contribution >= 0.6 is 11.6 Å². The lowest BCUT2D eigenvalue weighted by molar-refractivity contribution is 0.890. The summed E-state index contributed by atoms with van der Waals surface area (Å²) in [6.45, 7) is 1.05. The molecule has 0 saturated heterocycles. The minimum atomic E-state index is 0.764. The van der Waals surface area contributed by atoms with Gasteiger partial charge in [0.15, 0.2) is 0 Å². The second-order valence-corrected chi connectivity index (χ2v) is 4.73. The van der Waals surface area contributed by atoms with E-state index < -0.39 is 0 Å². The number of aromatic nitrogens is 1. The third-order valence-electron chi connectivity index (χ3n) is 2.99. The van der Waals surface area contributed by atoms with Crippen LogP contribution in [-0.4, -0.2) is 11.5 Å². The highest BCUT2D eigenvalue weighted by Gasteiger charge is 2.20. The maximum Gasteiger partial charge on any atom is 0.0948 e. The average Bonchev–Trinajstić information content (AvgIpc) is 3.13. The Bertz CT molecular complexity index is 520. The number of hydrogen-bond acceptors (Lipinski definition) is 2. The summed E-state index contributed by atoms with van der Waals surface area (Å²) in [4.78, 5) is 4.39. The minimum Gasteiger partial charge on any atom is -0.383 e. The number of halogens is 1. The van der Waals surface area contributed by atoms with Crippen LogP contribution in [0.15, 0.2) is 30.5 Å². The second-order valence-electron chi connectivity index (χ2n) is 4.32. The maximum absolute atomic E-state index is 6.14. The summed E-state index contributed by atoms with van der Waals surface area (Å²) >= 11 is 6.14. The highest BCUT2D eigenvalue weighted by molar-refractivity contribution is 6.35. The third kappa shape index (κ3) is 1.85. The van der Waals surface area contributed by atoms with Gasteiger partial charge in [0.1, 0.15) is 0 Å². The van der Waals surface area contributed by atoms with Crippen molar-refractivity contribution in [3.63, 3.8) is 0 Å². The van der Waals surface area contributed by atoms with E-state index in [1.807, 2.05) is 24.3 Å². The molecule has 1 aliphatic rings. The van der Waals surface area contributed by atoms with E-state index in [-0.39, 0.29) is 0 Å². The molecule has 82 valence electrons. The number of anilines is 1. The van der Waals surface area contributed by atoms with Gasteiger partial charge in [-0.3, -0.25) is 4.98 Å². The summed E-state index contributed by atoms with van der Waals surface area (Å²) in [7, 11) is 0. The van der Waals surface area contributed by atoms with Crippen LogP contribution in [0.1, 0.15) is 12.8 Å². The van der Waals surface area contributed by atoms with Gasteiger partial charge in [0, 0.05) is 18.1 Å². The maximum atomic E-state index is 6.14. The topological polar surface area (TPSA) is 24.9 Å². The summed E-state index contributed by atoms with van der Waals surface area (Å²) in [5.74, 6) is 0.856. The first-order chi connectivity index (χ1) is 7.84. The predicted molar refractivity (Wildman–Crippen MR) is 68.0 cm³/mol. The van der Waals surface area contributed by atoms with Gasteiger partial charge in [-0.25, -0.2) is 0 Å². The molecule has 2 aromatic rings. The first kappa shape index (κ1) is 9.91. The van der Waals surface area contributed by atoms with Gasteiger partial charge in [-0.1, -0.05) is 11.6 Å². The van der Waals surface area contributed by atoms with Crippen molar-refractivity contribution < 1.29 is 0 Å². The van der Waals surface area contributed by atoms with Crippen molar-refractivity contribution in [2.75, 3.05) is 11.9 Å². The van der Waals surface area contributed by atoms with Crippen LogP contribution < -0.4 is 5.32 Å². The fraction of sp³-hybridized carbons (Fsp3) is 0.308. The summed E-state index contributed by atoms with van der Waals surface area (Å²) < 4.78 is 0. The summed E-state index contributed by atoms with van der Waals surface area (Å²) in [5, 5.41) is 5.24. The van der Waals surface area contributed by atoms with E-state index in [0.29, 0.717) is 0 Å². The van der Waals surface area contributed by atoms with Gasteiger partial charge in [-0.15, -0.1) is 0 Å². The third-order valence-corrected chi connectivity index (χ3v) is 3.32. The van der Waals surface area contributed by atoms with Gasteiger partial charge < -0.3 is 5.32 Å². The number of benzene rings is 1. The Balaban J connectivity index is 1.99.